The molecule has 1 aliphatic heterocycles. The number of thioether (sulfide) groups is 1. The molecule has 1 aliphatic rings. The Morgan fingerprint density at radius 1 is 1.07 bits per heavy atom. The van der Waals surface area contributed by atoms with Crippen LogP contribution >= 0.6 is 11.8 Å². The molecule has 1 aromatic heterocycles. The number of rotatable bonds is 5. The molecule has 0 N–H and O–H groups in total. The van der Waals surface area contributed by atoms with Gasteiger partial charge in [-0.3, -0.25) is 14.3 Å². The number of piperidine rings is 1. The molecule has 4 rings (SSSR count). The van der Waals surface area contributed by atoms with Crippen LogP contribution in [-0.2, 0) is 13.1 Å². The molecule has 0 radical (unpaired) electrons. The number of aromatic nitrogens is 2. The van der Waals surface area contributed by atoms with Crippen LogP contribution in [0.4, 0.5) is 0 Å². The molecule has 140 valence electrons. The van der Waals surface area contributed by atoms with Crippen molar-refractivity contribution >= 4 is 22.7 Å². The molecule has 0 saturated carbocycles. The Bertz CT molecular complexity index is 959. The van der Waals surface area contributed by atoms with Crippen molar-refractivity contribution in [1.82, 2.24) is 14.5 Å². The summed E-state index contributed by atoms with van der Waals surface area (Å²) < 4.78 is 1.80. The number of nitrogens with zero attached hydrogens (tertiary/aromatic N) is 3. The normalized spacial score (nSPS) is 16.0. The van der Waals surface area contributed by atoms with E-state index >= 15 is 0 Å². The second kappa shape index (κ2) is 8.28. The van der Waals surface area contributed by atoms with Crippen LogP contribution in [0.2, 0.25) is 0 Å². The van der Waals surface area contributed by atoms with E-state index in [1.165, 1.54) is 10.5 Å². The van der Waals surface area contributed by atoms with Crippen molar-refractivity contribution in [2.24, 2.45) is 5.92 Å². The zero-order chi connectivity index (χ0) is 18.6. The van der Waals surface area contributed by atoms with Crippen molar-refractivity contribution < 1.29 is 0 Å². The fourth-order valence-electron chi connectivity index (χ4n) is 3.83. The largest absolute Gasteiger partial charge is 0.299 e. The van der Waals surface area contributed by atoms with E-state index in [4.69, 9.17) is 0 Å². The van der Waals surface area contributed by atoms with E-state index < -0.39 is 0 Å². The van der Waals surface area contributed by atoms with Crippen LogP contribution in [-0.4, -0.2) is 33.8 Å². The summed E-state index contributed by atoms with van der Waals surface area (Å²) in [6.45, 7) is 3.96. The van der Waals surface area contributed by atoms with Crippen molar-refractivity contribution in [2.45, 2.75) is 30.8 Å². The van der Waals surface area contributed by atoms with Gasteiger partial charge in [0, 0.05) is 18.0 Å². The van der Waals surface area contributed by atoms with Crippen molar-refractivity contribution in [3.8, 4) is 0 Å². The van der Waals surface area contributed by atoms with Gasteiger partial charge < -0.3 is 0 Å². The summed E-state index contributed by atoms with van der Waals surface area (Å²) in [6.07, 6.45) is 6.07. The first-order chi connectivity index (χ1) is 13.2. The predicted octanol–water partition coefficient (Wildman–Crippen LogP) is 4.03. The van der Waals surface area contributed by atoms with Gasteiger partial charge in [-0.2, -0.15) is 0 Å². The number of hydrogen-bond donors (Lipinski definition) is 0. The first-order valence-corrected chi connectivity index (χ1v) is 10.7. The fourth-order valence-corrected chi connectivity index (χ4v) is 4.24. The third-order valence-electron chi connectivity index (χ3n) is 5.46. The molecule has 0 amide bonds. The molecule has 1 fully saturated rings. The fraction of sp³-hybridized carbons (Fsp3) is 0.364. The average molecular weight is 380 g/mol. The summed E-state index contributed by atoms with van der Waals surface area (Å²) in [4.78, 5) is 20.9. The lowest BCUT2D eigenvalue weighted by atomic mass is 9.96. The highest BCUT2D eigenvalue weighted by Crippen LogP contribution is 2.21. The van der Waals surface area contributed by atoms with Gasteiger partial charge >= 0.3 is 0 Å². The summed E-state index contributed by atoms with van der Waals surface area (Å²) in [7, 11) is 0. The first kappa shape index (κ1) is 18.3. The van der Waals surface area contributed by atoms with Crippen LogP contribution in [0.15, 0.2) is 64.5 Å². The zero-order valence-electron chi connectivity index (χ0n) is 15.7. The minimum Gasteiger partial charge on any atom is -0.299 e. The smallest absolute Gasteiger partial charge is 0.261 e. The maximum atomic E-state index is 12.7. The molecular formula is C22H25N3OS. The molecule has 0 bridgehead atoms. The number of fused-ring (bicyclic) bond motifs is 1. The van der Waals surface area contributed by atoms with Crippen LogP contribution in [0.1, 0.15) is 18.4 Å². The minimum absolute atomic E-state index is 0.0805. The Labute approximate surface area is 164 Å². The van der Waals surface area contributed by atoms with Crippen molar-refractivity contribution in [1.29, 1.82) is 0 Å². The summed E-state index contributed by atoms with van der Waals surface area (Å²) in [5.41, 5.74) is 2.24. The van der Waals surface area contributed by atoms with Gasteiger partial charge in [-0.15, -0.1) is 11.8 Å². The van der Waals surface area contributed by atoms with E-state index in [0.717, 1.165) is 44.5 Å². The van der Waals surface area contributed by atoms with E-state index in [0.29, 0.717) is 11.3 Å². The topological polar surface area (TPSA) is 38.1 Å². The van der Waals surface area contributed by atoms with Gasteiger partial charge in [0.2, 0.25) is 0 Å². The number of para-hydroxylation sites is 1. The maximum Gasteiger partial charge on any atom is 0.261 e. The molecule has 0 unspecified atom stereocenters. The third-order valence-corrected chi connectivity index (χ3v) is 6.20. The predicted molar refractivity (Wildman–Crippen MR) is 112 cm³/mol. The molecule has 4 nitrogen and oxygen atoms in total. The maximum absolute atomic E-state index is 12.7. The Morgan fingerprint density at radius 2 is 1.81 bits per heavy atom. The van der Waals surface area contributed by atoms with Gasteiger partial charge in [0.1, 0.15) is 0 Å². The number of likely N-dealkylation sites (tertiary alicyclic amines) is 1. The molecule has 0 spiro atoms. The molecule has 0 atom stereocenters. The van der Waals surface area contributed by atoms with Crippen LogP contribution < -0.4 is 5.56 Å². The molecule has 2 aromatic carbocycles. The SMILES string of the molecule is CSc1ccc(CN2CCC(Cn3cnc4ccccc4c3=O)CC2)cc1. The summed E-state index contributed by atoms with van der Waals surface area (Å²) in [6, 6.07) is 16.5. The van der Waals surface area contributed by atoms with E-state index in [2.05, 4.69) is 40.4 Å². The lowest BCUT2D eigenvalue weighted by Crippen LogP contribution is -2.36. The number of hydrogen-bond acceptors (Lipinski definition) is 4. The monoisotopic (exact) mass is 379 g/mol. The average Bonchev–Trinajstić information content (AvgIpc) is 2.72. The Kier molecular flexibility index (Phi) is 5.60. The Morgan fingerprint density at radius 3 is 2.56 bits per heavy atom. The highest BCUT2D eigenvalue weighted by atomic mass is 32.2. The first-order valence-electron chi connectivity index (χ1n) is 9.52. The summed E-state index contributed by atoms with van der Waals surface area (Å²) >= 11 is 1.78. The summed E-state index contributed by atoms with van der Waals surface area (Å²) in [5.74, 6) is 0.542. The van der Waals surface area contributed by atoms with Gasteiger partial charge in [0.05, 0.1) is 17.2 Å². The lowest BCUT2D eigenvalue weighted by molar-refractivity contribution is 0.166. The third kappa shape index (κ3) is 4.25. The van der Waals surface area contributed by atoms with Crippen LogP contribution in [0.25, 0.3) is 10.9 Å². The van der Waals surface area contributed by atoms with Gasteiger partial charge in [-0.25, -0.2) is 4.98 Å². The second-order valence-corrected chi connectivity index (χ2v) is 8.17. The molecule has 3 aromatic rings. The second-order valence-electron chi connectivity index (χ2n) is 7.29. The molecule has 5 heteroatoms. The highest BCUT2D eigenvalue weighted by Gasteiger charge is 2.20. The van der Waals surface area contributed by atoms with Crippen LogP contribution in [0.5, 0.6) is 0 Å². The molecule has 2 heterocycles. The van der Waals surface area contributed by atoms with Crippen molar-refractivity contribution in [3.63, 3.8) is 0 Å². The quantitative estimate of drug-likeness (QED) is 0.628. The molecular weight excluding hydrogens is 354 g/mol. The van der Waals surface area contributed by atoms with Crippen LogP contribution in [0, 0.1) is 5.92 Å². The standard InChI is InChI=1S/C22H25N3OS/c1-27-19-8-6-17(7-9-19)14-24-12-10-18(11-13-24)15-25-16-23-21-5-3-2-4-20(21)22(25)26/h2-9,16,18H,10-15H2,1H3. The van der Waals surface area contributed by atoms with Crippen LogP contribution in [0.3, 0.4) is 0 Å². The van der Waals surface area contributed by atoms with Gasteiger partial charge in [0.15, 0.2) is 0 Å². The van der Waals surface area contributed by atoms with Crippen molar-refractivity contribution in [3.05, 3.63) is 70.8 Å². The number of benzene rings is 2. The van der Waals surface area contributed by atoms with E-state index in [1.807, 2.05) is 24.3 Å². The lowest BCUT2D eigenvalue weighted by Gasteiger charge is -2.32. The van der Waals surface area contributed by atoms with Gasteiger partial charge in [-0.05, 0) is 67.9 Å². The molecule has 1 saturated heterocycles. The molecule has 0 aliphatic carbocycles. The highest BCUT2D eigenvalue weighted by molar-refractivity contribution is 7.98. The summed E-state index contributed by atoms with van der Waals surface area (Å²) in [5, 5.41) is 0.714. The van der Waals surface area contributed by atoms with E-state index in [1.54, 1.807) is 22.7 Å². The van der Waals surface area contributed by atoms with E-state index in [-0.39, 0.29) is 5.56 Å². The van der Waals surface area contributed by atoms with Gasteiger partial charge in [0.25, 0.3) is 5.56 Å². The van der Waals surface area contributed by atoms with E-state index in [9.17, 15) is 4.79 Å². The molecule has 27 heavy (non-hydrogen) atoms. The minimum atomic E-state index is 0.0805. The van der Waals surface area contributed by atoms with Gasteiger partial charge in [-0.1, -0.05) is 24.3 Å². The Hall–Kier alpha value is -2.11. The zero-order valence-corrected chi connectivity index (χ0v) is 16.5. The Balaban J connectivity index is 1.35. The van der Waals surface area contributed by atoms with Crippen molar-refractivity contribution in [2.75, 3.05) is 19.3 Å².